The standard InChI is InChI=1S/C39H44N2O6/c42-24-30-22-33-37(39(47)41(38(33)46)31-17-19-40(20-18-31)23-27-7-3-1-4-8-27)34(25-43)36(30)35(45)16-13-29(28-9-5-2-6-10-28)21-26-11-14-32(44)15-12-26/h1-12,14-15,21,31,33-35,37,42-45H,13,16-20,22-25H2/b29-21-/t33-,34+,35-,37-/m1/s1. The third kappa shape index (κ3) is 7.11. The molecule has 3 aromatic carbocycles. The normalized spacial score (nSPS) is 23.3. The van der Waals surface area contributed by atoms with E-state index in [1.165, 1.54) is 10.5 Å². The lowest BCUT2D eigenvalue weighted by Crippen LogP contribution is -2.47. The van der Waals surface area contributed by atoms with Crippen molar-refractivity contribution >= 4 is 23.5 Å². The number of phenolic OH excluding ortho intramolecular Hbond substituents is 1. The fourth-order valence-corrected chi connectivity index (χ4v) is 7.84. The van der Waals surface area contributed by atoms with E-state index in [4.69, 9.17) is 0 Å². The minimum Gasteiger partial charge on any atom is -0.508 e. The van der Waals surface area contributed by atoms with Crippen LogP contribution in [-0.2, 0) is 16.1 Å². The second-order valence-electron chi connectivity index (χ2n) is 13.1. The van der Waals surface area contributed by atoms with Crippen LogP contribution in [0.2, 0.25) is 0 Å². The summed E-state index contributed by atoms with van der Waals surface area (Å²) >= 11 is 0. The van der Waals surface area contributed by atoms with Gasteiger partial charge in [-0.25, -0.2) is 0 Å². The fourth-order valence-electron chi connectivity index (χ4n) is 7.84. The van der Waals surface area contributed by atoms with Gasteiger partial charge in [0.05, 0.1) is 31.2 Å². The van der Waals surface area contributed by atoms with E-state index in [1.807, 2.05) is 66.7 Å². The molecule has 6 rings (SSSR count). The molecule has 2 saturated heterocycles. The molecule has 3 aromatic rings. The highest BCUT2D eigenvalue weighted by atomic mass is 16.3. The van der Waals surface area contributed by atoms with Crippen LogP contribution in [0.3, 0.4) is 0 Å². The number of amides is 2. The molecule has 0 spiro atoms. The number of rotatable bonds is 11. The molecule has 2 aliphatic heterocycles. The smallest absolute Gasteiger partial charge is 0.234 e. The van der Waals surface area contributed by atoms with Crippen molar-refractivity contribution in [3.8, 4) is 5.75 Å². The third-order valence-corrected chi connectivity index (χ3v) is 10.2. The number of carbonyl (C=O) groups excluding carboxylic acids is 2. The van der Waals surface area contributed by atoms with Crippen molar-refractivity contribution in [2.75, 3.05) is 26.3 Å². The zero-order valence-electron chi connectivity index (χ0n) is 26.6. The summed E-state index contributed by atoms with van der Waals surface area (Å²) in [5.41, 5.74) is 5.15. The summed E-state index contributed by atoms with van der Waals surface area (Å²) in [4.78, 5) is 31.6. The van der Waals surface area contributed by atoms with Gasteiger partial charge < -0.3 is 20.4 Å². The van der Waals surface area contributed by atoms with Crippen LogP contribution in [0.5, 0.6) is 5.75 Å². The van der Waals surface area contributed by atoms with Gasteiger partial charge in [-0.2, -0.15) is 0 Å². The van der Waals surface area contributed by atoms with Crippen molar-refractivity contribution in [2.24, 2.45) is 17.8 Å². The first-order valence-corrected chi connectivity index (χ1v) is 16.7. The lowest BCUT2D eigenvalue weighted by Gasteiger charge is -2.36. The Morgan fingerprint density at radius 3 is 2.17 bits per heavy atom. The number of hydrogen-bond donors (Lipinski definition) is 4. The van der Waals surface area contributed by atoms with E-state index in [2.05, 4.69) is 17.0 Å². The highest BCUT2D eigenvalue weighted by Gasteiger charge is 2.56. The van der Waals surface area contributed by atoms with Crippen molar-refractivity contribution in [3.05, 3.63) is 113 Å². The number of fused-ring (bicyclic) bond motifs is 1. The van der Waals surface area contributed by atoms with Crippen LogP contribution < -0.4 is 0 Å². The number of piperidine rings is 1. The van der Waals surface area contributed by atoms with Gasteiger partial charge in [0, 0.05) is 31.6 Å². The molecule has 2 fully saturated rings. The predicted octanol–water partition coefficient (Wildman–Crippen LogP) is 4.64. The maximum absolute atomic E-state index is 14.0. The van der Waals surface area contributed by atoms with Crippen LogP contribution in [0.4, 0.5) is 0 Å². The van der Waals surface area contributed by atoms with Gasteiger partial charge in [0.25, 0.3) is 0 Å². The van der Waals surface area contributed by atoms with Crippen molar-refractivity contribution in [2.45, 2.75) is 50.8 Å². The van der Waals surface area contributed by atoms with Gasteiger partial charge in [-0.3, -0.25) is 19.4 Å². The molecule has 47 heavy (non-hydrogen) atoms. The molecule has 0 unspecified atom stereocenters. The summed E-state index contributed by atoms with van der Waals surface area (Å²) in [6.45, 7) is 1.64. The molecule has 8 heteroatoms. The molecular weight excluding hydrogens is 592 g/mol. The molecule has 0 aromatic heterocycles. The Balaban J connectivity index is 1.17. The Morgan fingerprint density at radius 1 is 0.872 bits per heavy atom. The molecule has 4 atom stereocenters. The van der Waals surface area contributed by atoms with E-state index in [0.717, 1.165) is 36.3 Å². The first-order chi connectivity index (χ1) is 22.9. The van der Waals surface area contributed by atoms with Crippen LogP contribution in [0, 0.1) is 17.8 Å². The second kappa shape index (κ2) is 14.8. The SMILES string of the molecule is O=C1[C@@H]2[C@@H](CC(CO)=C([C@H](O)CC/C(=C/c3ccc(O)cc3)c3ccccc3)[C@@H]2CO)C(=O)N1C1CCN(Cc2ccccc2)CC1. The number of likely N-dealkylation sites (tertiary alicyclic amines) is 2. The molecule has 8 nitrogen and oxygen atoms in total. The van der Waals surface area contributed by atoms with Crippen LogP contribution in [0.25, 0.3) is 11.6 Å². The summed E-state index contributed by atoms with van der Waals surface area (Å²) in [6, 6.07) is 26.8. The summed E-state index contributed by atoms with van der Waals surface area (Å²) in [7, 11) is 0. The minimum atomic E-state index is -1.01. The Labute approximate surface area is 276 Å². The number of aliphatic hydroxyl groups excluding tert-OH is 3. The van der Waals surface area contributed by atoms with Gasteiger partial charge in [0.2, 0.25) is 11.8 Å². The number of allylic oxidation sites excluding steroid dienone is 1. The first kappa shape index (κ1) is 32.8. The average Bonchev–Trinajstić information content (AvgIpc) is 3.36. The van der Waals surface area contributed by atoms with Crippen LogP contribution in [0.15, 0.2) is 96.1 Å². The topological polar surface area (TPSA) is 122 Å². The number of phenols is 1. The average molecular weight is 637 g/mol. The van der Waals surface area contributed by atoms with Crippen molar-refractivity contribution in [1.82, 2.24) is 9.80 Å². The first-order valence-electron chi connectivity index (χ1n) is 16.7. The summed E-state index contributed by atoms with van der Waals surface area (Å²) in [5.74, 6) is -2.45. The lowest BCUT2D eigenvalue weighted by molar-refractivity contribution is -0.144. The number of aromatic hydroxyl groups is 1. The number of carbonyl (C=O) groups is 2. The van der Waals surface area contributed by atoms with E-state index >= 15 is 0 Å². The van der Waals surface area contributed by atoms with Gasteiger partial charge in [-0.05, 0) is 77.6 Å². The van der Waals surface area contributed by atoms with Crippen LogP contribution >= 0.6 is 0 Å². The van der Waals surface area contributed by atoms with Crippen LogP contribution in [-0.4, -0.2) is 80.5 Å². The zero-order valence-corrected chi connectivity index (χ0v) is 26.6. The van der Waals surface area contributed by atoms with E-state index < -0.39 is 30.5 Å². The number of nitrogens with zero attached hydrogens (tertiary/aromatic N) is 2. The molecule has 0 radical (unpaired) electrons. The molecule has 1 aliphatic carbocycles. The van der Waals surface area contributed by atoms with E-state index in [0.29, 0.717) is 36.8 Å². The van der Waals surface area contributed by atoms with Crippen LogP contribution in [0.1, 0.15) is 48.8 Å². The quantitative estimate of drug-likeness (QED) is 0.138. The maximum Gasteiger partial charge on any atom is 0.234 e. The van der Waals surface area contributed by atoms with Gasteiger partial charge in [0.1, 0.15) is 5.75 Å². The lowest BCUT2D eigenvalue weighted by atomic mass is 9.68. The number of aliphatic hydroxyl groups is 3. The molecule has 246 valence electrons. The molecule has 3 aliphatic rings. The minimum absolute atomic E-state index is 0.181. The Bertz CT molecular complexity index is 1600. The molecule has 4 N–H and O–H groups in total. The number of hydrogen-bond acceptors (Lipinski definition) is 7. The van der Waals surface area contributed by atoms with Gasteiger partial charge in [0.15, 0.2) is 0 Å². The van der Waals surface area contributed by atoms with Crippen molar-refractivity contribution < 1.29 is 30.0 Å². The molecule has 0 saturated carbocycles. The Hall–Kier alpha value is -4.08. The summed E-state index contributed by atoms with van der Waals surface area (Å²) < 4.78 is 0. The van der Waals surface area contributed by atoms with E-state index in [1.54, 1.807) is 12.1 Å². The predicted molar refractivity (Wildman–Crippen MR) is 181 cm³/mol. The second-order valence-corrected chi connectivity index (χ2v) is 13.1. The van der Waals surface area contributed by atoms with Crippen molar-refractivity contribution in [3.63, 3.8) is 0 Å². The number of imide groups is 1. The summed E-state index contributed by atoms with van der Waals surface area (Å²) in [6.07, 6.45) is 3.38. The monoisotopic (exact) mass is 636 g/mol. The van der Waals surface area contributed by atoms with Gasteiger partial charge in [-0.15, -0.1) is 0 Å². The molecule has 2 heterocycles. The summed E-state index contributed by atoms with van der Waals surface area (Å²) in [5, 5.41) is 42.5. The zero-order chi connectivity index (χ0) is 32.9. The Morgan fingerprint density at radius 2 is 1.53 bits per heavy atom. The highest BCUT2D eigenvalue weighted by molar-refractivity contribution is 6.06. The van der Waals surface area contributed by atoms with E-state index in [-0.39, 0.29) is 36.6 Å². The van der Waals surface area contributed by atoms with Crippen molar-refractivity contribution in [1.29, 1.82) is 0 Å². The molecular formula is C39H44N2O6. The largest absolute Gasteiger partial charge is 0.508 e. The van der Waals surface area contributed by atoms with Gasteiger partial charge >= 0.3 is 0 Å². The maximum atomic E-state index is 14.0. The number of benzene rings is 3. The fraction of sp³-hybridized carbons (Fsp3) is 0.385. The van der Waals surface area contributed by atoms with E-state index in [9.17, 15) is 30.0 Å². The highest BCUT2D eigenvalue weighted by Crippen LogP contribution is 2.47. The molecule has 2 amide bonds. The third-order valence-electron chi connectivity index (χ3n) is 10.2. The van der Waals surface area contributed by atoms with Gasteiger partial charge in [-0.1, -0.05) is 78.9 Å². The Kier molecular flexibility index (Phi) is 10.3. The molecule has 0 bridgehead atoms.